The quantitative estimate of drug-likeness (QED) is 0.422. The normalized spacial score (nSPS) is 17.6. The van der Waals surface area contributed by atoms with Crippen molar-refractivity contribution in [3.8, 4) is 23.0 Å². The summed E-state index contributed by atoms with van der Waals surface area (Å²) < 4.78 is 25.4. The first-order valence-electron chi connectivity index (χ1n) is 11.5. The summed E-state index contributed by atoms with van der Waals surface area (Å²) in [6.45, 7) is 1.15. The smallest absolute Gasteiger partial charge is 0.231 e. The highest BCUT2D eigenvalue weighted by atomic mass is 16.7. The van der Waals surface area contributed by atoms with Crippen LogP contribution in [0.4, 0.5) is 0 Å². The first-order chi connectivity index (χ1) is 16.8. The molecule has 1 aromatic heterocycles. The van der Waals surface area contributed by atoms with Crippen molar-refractivity contribution in [3.63, 3.8) is 0 Å². The number of methoxy groups -OCH3 is 2. The molecule has 0 spiro atoms. The van der Waals surface area contributed by atoms with E-state index in [1.165, 1.54) is 27.7 Å². The van der Waals surface area contributed by atoms with E-state index in [-0.39, 0.29) is 13.0 Å². The van der Waals surface area contributed by atoms with E-state index in [0.717, 1.165) is 47.1 Å². The minimum atomic E-state index is -0.0847. The maximum atomic E-state index is 5.95. The number of para-hydroxylation sites is 1. The van der Waals surface area contributed by atoms with Crippen LogP contribution in [0.3, 0.4) is 0 Å². The molecule has 3 aromatic carbocycles. The Morgan fingerprint density at radius 2 is 1.79 bits per heavy atom. The second-order valence-electron chi connectivity index (χ2n) is 8.80. The maximum absolute atomic E-state index is 5.95. The molecule has 6 heteroatoms. The SMILES string of the molecule is COc1ccc2c(c1OC)C(n1ccc3ccccc31)N1CCc3cc4c(cc3C1=C2)OCO4. The Labute approximate surface area is 197 Å². The molecule has 4 heterocycles. The molecular weight excluding hydrogens is 428 g/mol. The molecule has 3 aliphatic heterocycles. The van der Waals surface area contributed by atoms with Crippen molar-refractivity contribution in [3.05, 3.63) is 83.0 Å². The zero-order valence-corrected chi connectivity index (χ0v) is 19.1. The Kier molecular flexibility index (Phi) is 4.12. The molecule has 4 aromatic rings. The Balaban J connectivity index is 1.51. The minimum Gasteiger partial charge on any atom is -0.493 e. The molecule has 7 rings (SSSR count). The van der Waals surface area contributed by atoms with Crippen LogP contribution >= 0.6 is 0 Å². The van der Waals surface area contributed by atoms with E-state index in [4.69, 9.17) is 18.9 Å². The van der Waals surface area contributed by atoms with Gasteiger partial charge in [-0.1, -0.05) is 24.3 Å². The fourth-order valence-electron chi connectivity index (χ4n) is 5.63. The van der Waals surface area contributed by atoms with Gasteiger partial charge in [0, 0.05) is 29.6 Å². The van der Waals surface area contributed by atoms with E-state index in [2.05, 4.69) is 70.3 Å². The highest BCUT2D eigenvalue weighted by Gasteiger charge is 2.38. The van der Waals surface area contributed by atoms with Gasteiger partial charge in [-0.2, -0.15) is 0 Å². The van der Waals surface area contributed by atoms with Crippen molar-refractivity contribution in [1.82, 2.24) is 9.47 Å². The third-order valence-corrected chi connectivity index (χ3v) is 7.16. The van der Waals surface area contributed by atoms with E-state index in [9.17, 15) is 0 Å². The van der Waals surface area contributed by atoms with Crippen LogP contribution in [0.5, 0.6) is 23.0 Å². The van der Waals surface area contributed by atoms with E-state index in [1.807, 2.05) is 6.07 Å². The van der Waals surface area contributed by atoms with Crippen LogP contribution in [-0.4, -0.2) is 37.0 Å². The number of hydrogen-bond donors (Lipinski definition) is 0. The lowest BCUT2D eigenvalue weighted by molar-refractivity contribution is 0.174. The molecule has 0 fully saturated rings. The van der Waals surface area contributed by atoms with Gasteiger partial charge < -0.3 is 28.4 Å². The number of ether oxygens (including phenoxy) is 4. The van der Waals surface area contributed by atoms with Gasteiger partial charge in [0.05, 0.1) is 19.7 Å². The van der Waals surface area contributed by atoms with Crippen LogP contribution in [0, 0.1) is 0 Å². The largest absolute Gasteiger partial charge is 0.493 e. The number of rotatable bonds is 3. The Bertz CT molecular complexity index is 1490. The summed E-state index contributed by atoms with van der Waals surface area (Å²) in [4.78, 5) is 2.47. The van der Waals surface area contributed by atoms with Crippen LogP contribution in [0.1, 0.15) is 28.4 Å². The van der Waals surface area contributed by atoms with Gasteiger partial charge in [0.2, 0.25) is 6.79 Å². The number of nitrogens with zero attached hydrogens (tertiary/aromatic N) is 2. The highest BCUT2D eigenvalue weighted by Crippen LogP contribution is 2.50. The third kappa shape index (κ3) is 2.62. The fraction of sp³-hybridized carbons (Fsp3) is 0.214. The summed E-state index contributed by atoms with van der Waals surface area (Å²) in [5.74, 6) is 3.15. The molecule has 3 aliphatic rings. The fourth-order valence-corrected chi connectivity index (χ4v) is 5.63. The van der Waals surface area contributed by atoms with Gasteiger partial charge in [-0.15, -0.1) is 0 Å². The van der Waals surface area contributed by atoms with Crippen molar-refractivity contribution in [2.24, 2.45) is 0 Å². The second-order valence-corrected chi connectivity index (χ2v) is 8.80. The zero-order chi connectivity index (χ0) is 22.8. The molecular formula is C28H24N2O4. The molecule has 0 saturated carbocycles. The molecule has 0 bridgehead atoms. The minimum absolute atomic E-state index is 0.0847. The van der Waals surface area contributed by atoms with E-state index in [0.29, 0.717) is 0 Å². The number of benzene rings is 3. The summed E-state index contributed by atoms with van der Waals surface area (Å²) in [6.07, 6.45) is 5.27. The van der Waals surface area contributed by atoms with Gasteiger partial charge in [0.25, 0.3) is 0 Å². The summed E-state index contributed by atoms with van der Waals surface area (Å²) in [6, 6.07) is 19.1. The monoisotopic (exact) mass is 452 g/mol. The lowest BCUT2D eigenvalue weighted by Gasteiger charge is -2.44. The maximum Gasteiger partial charge on any atom is 0.231 e. The first-order valence-corrected chi connectivity index (χ1v) is 11.5. The lowest BCUT2D eigenvalue weighted by atomic mass is 9.88. The average Bonchev–Trinajstić information content (AvgIpc) is 3.52. The third-order valence-electron chi connectivity index (χ3n) is 7.16. The molecule has 6 nitrogen and oxygen atoms in total. The van der Waals surface area contributed by atoms with Crippen molar-refractivity contribution in [2.75, 3.05) is 27.6 Å². The predicted molar refractivity (Wildman–Crippen MR) is 130 cm³/mol. The van der Waals surface area contributed by atoms with Crippen molar-refractivity contribution in [2.45, 2.75) is 12.6 Å². The molecule has 1 atom stereocenters. The zero-order valence-electron chi connectivity index (χ0n) is 19.1. The molecule has 0 aliphatic carbocycles. The van der Waals surface area contributed by atoms with E-state index < -0.39 is 0 Å². The summed E-state index contributed by atoms with van der Waals surface area (Å²) in [5, 5.41) is 1.21. The van der Waals surface area contributed by atoms with E-state index >= 15 is 0 Å². The molecule has 34 heavy (non-hydrogen) atoms. The molecule has 0 N–H and O–H groups in total. The topological polar surface area (TPSA) is 45.1 Å². The van der Waals surface area contributed by atoms with Gasteiger partial charge in [0.1, 0.15) is 6.17 Å². The lowest BCUT2D eigenvalue weighted by Crippen LogP contribution is -2.39. The Morgan fingerprint density at radius 3 is 2.65 bits per heavy atom. The van der Waals surface area contributed by atoms with Gasteiger partial charge >= 0.3 is 0 Å². The summed E-state index contributed by atoms with van der Waals surface area (Å²) in [7, 11) is 3.41. The van der Waals surface area contributed by atoms with E-state index in [1.54, 1.807) is 14.2 Å². The Hall–Kier alpha value is -4.06. The standard InChI is InChI=1S/C28H24N2O4/c1-31-23-8-7-19-13-22-20-15-25-24(33-16-34-25)14-18(20)10-12-30(22)28(26(19)27(23)32-2)29-11-9-17-5-3-4-6-21(17)29/h3-9,11,13-15,28H,10,12,16H2,1-2H3. The second kappa shape index (κ2) is 7.22. The van der Waals surface area contributed by atoms with Crippen molar-refractivity contribution < 1.29 is 18.9 Å². The van der Waals surface area contributed by atoms with Crippen LogP contribution in [0.2, 0.25) is 0 Å². The van der Waals surface area contributed by atoms with Gasteiger partial charge in [0.15, 0.2) is 23.0 Å². The molecule has 0 saturated heterocycles. The Morgan fingerprint density at radius 1 is 0.941 bits per heavy atom. The number of fused-ring (bicyclic) bond motifs is 6. The average molecular weight is 453 g/mol. The van der Waals surface area contributed by atoms with Crippen LogP contribution in [0.15, 0.2) is 60.8 Å². The van der Waals surface area contributed by atoms with Crippen LogP contribution < -0.4 is 18.9 Å². The summed E-state index contributed by atoms with van der Waals surface area (Å²) in [5.41, 5.74) is 7.07. The van der Waals surface area contributed by atoms with Gasteiger partial charge in [-0.25, -0.2) is 0 Å². The number of aromatic nitrogens is 1. The van der Waals surface area contributed by atoms with Crippen molar-refractivity contribution >= 4 is 22.7 Å². The van der Waals surface area contributed by atoms with Crippen LogP contribution in [-0.2, 0) is 6.42 Å². The molecule has 0 amide bonds. The number of hydrogen-bond acceptors (Lipinski definition) is 5. The molecule has 1 unspecified atom stereocenters. The first kappa shape index (κ1) is 19.4. The predicted octanol–water partition coefficient (Wildman–Crippen LogP) is 5.30. The van der Waals surface area contributed by atoms with Gasteiger partial charge in [-0.3, -0.25) is 0 Å². The van der Waals surface area contributed by atoms with Crippen molar-refractivity contribution in [1.29, 1.82) is 0 Å². The molecule has 170 valence electrons. The molecule has 0 radical (unpaired) electrons. The summed E-state index contributed by atoms with van der Waals surface area (Å²) >= 11 is 0. The highest BCUT2D eigenvalue weighted by molar-refractivity contribution is 5.89. The van der Waals surface area contributed by atoms with Crippen LogP contribution in [0.25, 0.3) is 22.7 Å². The van der Waals surface area contributed by atoms with Gasteiger partial charge in [-0.05, 0) is 59.3 Å².